The fraction of sp³-hybridized carbons (Fsp3) is 0.824. The van der Waals surface area contributed by atoms with Gasteiger partial charge in [0.25, 0.3) is 0 Å². The normalized spacial score (nSPS) is 29.7. The van der Waals surface area contributed by atoms with Gasteiger partial charge in [-0.1, -0.05) is 32.6 Å². The zero-order valence-corrected chi connectivity index (χ0v) is 12.8. The van der Waals surface area contributed by atoms with Crippen LogP contribution >= 0.6 is 0 Å². The Morgan fingerprint density at radius 1 is 1.20 bits per heavy atom. The summed E-state index contributed by atoms with van der Waals surface area (Å²) in [6.07, 6.45) is 13.8. The molecule has 1 heterocycles. The van der Waals surface area contributed by atoms with E-state index in [0.717, 1.165) is 12.3 Å². The van der Waals surface area contributed by atoms with Crippen LogP contribution in [-0.2, 0) is 6.42 Å². The van der Waals surface area contributed by atoms with Crippen LogP contribution in [0.3, 0.4) is 0 Å². The van der Waals surface area contributed by atoms with Crippen LogP contribution in [0.1, 0.15) is 70.0 Å². The van der Waals surface area contributed by atoms with Crippen molar-refractivity contribution in [1.82, 2.24) is 9.78 Å². The molecular weight excluding hydrogens is 246 g/mol. The van der Waals surface area contributed by atoms with Crippen LogP contribution < -0.4 is 5.73 Å². The maximum Gasteiger partial charge on any atom is 0.0640 e. The van der Waals surface area contributed by atoms with Crippen LogP contribution in [0, 0.1) is 11.8 Å². The topological polar surface area (TPSA) is 43.8 Å². The Balaban J connectivity index is 1.54. The molecule has 1 unspecified atom stereocenters. The highest BCUT2D eigenvalue weighted by atomic mass is 15.3. The van der Waals surface area contributed by atoms with E-state index in [4.69, 9.17) is 10.8 Å². The summed E-state index contributed by atoms with van der Waals surface area (Å²) in [7, 11) is 0. The van der Waals surface area contributed by atoms with Crippen LogP contribution in [0.2, 0.25) is 0 Å². The smallest absolute Gasteiger partial charge is 0.0640 e. The number of hydrogen-bond acceptors (Lipinski definition) is 2. The average molecular weight is 275 g/mol. The Hall–Kier alpha value is -0.830. The third-order valence-electron chi connectivity index (χ3n) is 5.47. The van der Waals surface area contributed by atoms with Crippen LogP contribution in [0.4, 0.5) is 0 Å². The fourth-order valence-electron chi connectivity index (χ4n) is 3.98. The van der Waals surface area contributed by atoms with Crippen molar-refractivity contribution in [2.45, 2.75) is 76.8 Å². The maximum atomic E-state index is 6.44. The number of rotatable bonds is 4. The van der Waals surface area contributed by atoms with E-state index in [-0.39, 0.29) is 0 Å². The summed E-state index contributed by atoms with van der Waals surface area (Å²) in [5, 5.41) is 4.78. The van der Waals surface area contributed by atoms with Crippen LogP contribution in [0.15, 0.2) is 12.3 Å². The standard InChI is InChI=1S/C17H29N3/c1-13-6-8-14(9-7-13)17(18)12-15-10-11-20(19-15)16-4-2-3-5-16/h10-11,13-14,16-17H,2-9,12,18H2,1H3. The quantitative estimate of drug-likeness (QED) is 0.910. The molecule has 0 aliphatic heterocycles. The maximum absolute atomic E-state index is 6.44. The van der Waals surface area contributed by atoms with E-state index in [1.165, 1.54) is 57.1 Å². The second-order valence-electron chi connectivity index (χ2n) is 7.11. The first-order valence-corrected chi connectivity index (χ1v) is 8.52. The summed E-state index contributed by atoms with van der Waals surface area (Å²) < 4.78 is 2.19. The number of aromatic nitrogens is 2. The predicted octanol–water partition coefficient (Wildman–Crippen LogP) is 3.69. The van der Waals surface area contributed by atoms with Gasteiger partial charge in [0.15, 0.2) is 0 Å². The van der Waals surface area contributed by atoms with Crippen molar-refractivity contribution >= 4 is 0 Å². The molecule has 20 heavy (non-hydrogen) atoms. The first kappa shape index (κ1) is 14.1. The van der Waals surface area contributed by atoms with Gasteiger partial charge in [-0.15, -0.1) is 0 Å². The lowest BCUT2D eigenvalue weighted by molar-refractivity contribution is 0.252. The lowest BCUT2D eigenvalue weighted by Crippen LogP contribution is -2.34. The van der Waals surface area contributed by atoms with Crippen molar-refractivity contribution in [3.05, 3.63) is 18.0 Å². The molecule has 2 aliphatic carbocycles. The molecule has 112 valence electrons. The lowest BCUT2D eigenvalue weighted by atomic mass is 9.78. The number of nitrogens with two attached hydrogens (primary N) is 1. The third kappa shape index (κ3) is 3.25. The summed E-state index contributed by atoms with van der Waals surface area (Å²) in [6, 6.07) is 3.13. The molecule has 1 aromatic rings. The monoisotopic (exact) mass is 275 g/mol. The molecule has 2 fully saturated rings. The molecule has 1 atom stereocenters. The average Bonchev–Trinajstić information content (AvgIpc) is 3.09. The van der Waals surface area contributed by atoms with Gasteiger partial charge < -0.3 is 5.73 Å². The van der Waals surface area contributed by atoms with E-state index in [1.54, 1.807) is 0 Å². The highest BCUT2D eigenvalue weighted by Gasteiger charge is 2.24. The molecule has 0 bridgehead atoms. The SMILES string of the molecule is CC1CCC(C(N)Cc2ccn(C3CCCC3)n2)CC1. The van der Waals surface area contributed by atoms with E-state index in [1.807, 2.05) is 0 Å². The van der Waals surface area contributed by atoms with Gasteiger partial charge in [0.05, 0.1) is 11.7 Å². The van der Waals surface area contributed by atoms with E-state index in [0.29, 0.717) is 18.0 Å². The predicted molar refractivity (Wildman–Crippen MR) is 82.5 cm³/mol. The van der Waals surface area contributed by atoms with E-state index >= 15 is 0 Å². The highest BCUT2D eigenvalue weighted by molar-refractivity contribution is 5.03. The Labute approximate surface area is 122 Å². The Morgan fingerprint density at radius 2 is 1.90 bits per heavy atom. The molecule has 2 saturated carbocycles. The molecule has 3 nitrogen and oxygen atoms in total. The minimum atomic E-state index is 0.300. The summed E-state index contributed by atoms with van der Waals surface area (Å²) in [6.45, 7) is 2.37. The molecule has 3 rings (SSSR count). The second-order valence-corrected chi connectivity index (χ2v) is 7.11. The van der Waals surface area contributed by atoms with Gasteiger partial charge in [-0.05, 0) is 43.6 Å². The summed E-state index contributed by atoms with van der Waals surface area (Å²) in [5.74, 6) is 1.61. The van der Waals surface area contributed by atoms with Crippen molar-refractivity contribution < 1.29 is 0 Å². The summed E-state index contributed by atoms with van der Waals surface area (Å²) >= 11 is 0. The van der Waals surface area contributed by atoms with Gasteiger partial charge in [0.1, 0.15) is 0 Å². The van der Waals surface area contributed by atoms with Gasteiger partial charge in [0, 0.05) is 18.7 Å². The van der Waals surface area contributed by atoms with Crippen LogP contribution in [0.5, 0.6) is 0 Å². The van der Waals surface area contributed by atoms with Crippen LogP contribution in [0.25, 0.3) is 0 Å². The Kier molecular flexibility index (Phi) is 4.45. The van der Waals surface area contributed by atoms with Gasteiger partial charge in [-0.2, -0.15) is 5.10 Å². The molecule has 0 spiro atoms. The first-order chi connectivity index (χ1) is 9.72. The molecule has 2 aliphatic rings. The first-order valence-electron chi connectivity index (χ1n) is 8.52. The van der Waals surface area contributed by atoms with Crippen molar-refractivity contribution in [2.24, 2.45) is 17.6 Å². The molecule has 3 heteroatoms. The summed E-state index contributed by atoms with van der Waals surface area (Å²) in [4.78, 5) is 0. The molecule has 0 aromatic carbocycles. The van der Waals surface area contributed by atoms with Crippen molar-refractivity contribution in [2.75, 3.05) is 0 Å². The van der Waals surface area contributed by atoms with E-state index < -0.39 is 0 Å². The number of nitrogens with zero attached hydrogens (tertiary/aromatic N) is 2. The second kappa shape index (κ2) is 6.30. The zero-order valence-electron chi connectivity index (χ0n) is 12.8. The van der Waals surface area contributed by atoms with Gasteiger partial charge in [-0.25, -0.2) is 0 Å². The minimum Gasteiger partial charge on any atom is -0.327 e. The Bertz CT molecular complexity index is 412. The third-order valence-corrected chi connectivity index (χ3v) is 5.47. The lowest BCUT2D eigenvalue weighted by Gasteiger charge is -2.30. The van der Waals surface area contributed by atoms with Gasteiger partial charge in [-0.3, -0.25) is 4.68 Å². The molecule has 0 amide bonds. The van der Waals surface area contributed by atoms with Gasteiger partial charge in [0.2, 0.25) is 0 Å². The van der Waals surface area contributed by atoms with E-state index in [9.17, 15) is 0 Å². The molecule has 2 N–H and O–H groups in total. The number of hydrogen-bond donors (Lipinski definition) is 1. The van der Waals surface area contributed by atoms with Crippen molar-refractivity contribution in [3.8, 4) is 0 Å². The van der Waals surface area contributed by atoms with Crippen molar-refractivity contribution in [1.29, 1.82) is 0 Å². The summed E-state index contributed by atoms with van der Waals surface area (Å²) in [5.41, 5.74) is 7.64. The Morgan fingerprint density at radius 3 is 2.60 bits per heavy atom. The zero-order chi connectivity index (χ0) is 13.9. The van der Waals surface area contributed by atoms with E-state index in [2.05, 4.69) is 23.9 Å². The van der Waals surface area contributed by atoms with Crippen LogP contribution in [-0.4, -0.2) is 15.8 Å². The molecule has 1 aromatic heterocycles. The highest BCUT2D eigenvalue weighted by Crippen LogP contribution is 2.31. The molecule has 0 radical (unpaired) electrons. The molecular formula is C17H29N3. The largest absolute Gasteiger partial charge is 0.327 e. The molecule has 0 saturated heterocycles. The van der Waals surface area contributed by atoms with Gasteiger partial charge >= 0.3 is 0 Å². The minimum absolute atomic E-state index is 0.300. The van der Waals surface area contributed by atoms with Crippen molar-refractivity contribution in [3.63, 3.8) is 0 Å². The fourth-order valence-corrected chi connectivity index (χ4v) is 3.98.